The first-order valence-corrected chi connectivity index (χ1v) is 6.14. The van der Waals surface area contributed by atoms with Gasteiger partial charge in [0.15, 0.2) is 0 Å². The molecule has 2 atom stereocenters. The minimum Gasteiger partial charge on any atom is -0.334 e. The second-order valence-corrected chi connectivity index (χ2v) is 4.61. The van der Waals surface area contributed by atoms with E-state index in [1.54, 1.807) is 6.07 Å². The number of carbonyl (C=O) groups excluding carboxylic acids is 1. The molecule has 1 aliphatic rings. The summed E-state index contributed by atoms with van der Waals surface area (Å²) >= 11 is 0. The summed E-state index contributed by atoms with van der Waals surface area (Å²) in [5.74, 6) is 0. The van der Waals surface area contributed by atoms with Crippen molar-refractivity contribution in [2.45, 2.75) is 31.3 Å². The number of rotatable bonds is 3. The molecule has 0 saturated heterocycles. The summed E-state index contributed by atoms with van der Waals surface area (Å²) in [6.07, 6.45) is 2.77. The maximum absolute atomic E-state index is 11.7. The van der Waals surface area contributed by atoms with Gasteiger partial charge in [-0.15, -0.1) is 0 Å². The lowest BCUT2D eigenvalue weighted by atomic mass is 10.2. The van der Waals surface area contributed by atoms with Gasteiger partial charge in [0.25, 0.3) is 5.69 Å². The monoisotopic (exact) mass is 264 g/mol. The van der Waals surface area contributed by atoms with Gasteiger partial charge in [-0.05, 0) is 25.3 Å². The van der Waals surface area contributed by atoms with Crippen molar-refractivity contribution in [3.63, 3.8) is 0 Å². The van der Waals surface area contributed by atoms with Gasteiger partial charge in [-0.25, -0.2) is 4.79 Å². The Morgan fingerprint density at radius 1 is 1.42 bits per heavy atom. The summed E-state index contributed by atoms with van der Waals surface area (Å²) in [5, 5.41) is 16.0. The zero-order valence-corrected chi connectivity index (χ0v) is 10.3. The Kier molecular flexibility index (Phi) is 3.96. The zero-order valence-electron chi connectivity index (χ0n) is 10.3. The Morgan fingerprint density at radius 2 is 2.21 bits per heavy atom. The molecule has 102 valence electrons. The number of non-ortho nitro benzene ring substituents is 1. The lowest BCUT2D eigenvalue weighted by Crippen LogP contribution is -2.45. The molecule has 2 rings (SSSR count). The van der Waals surface area contributed by atoms with Gasteiger partial charge in [0.2, 0.25) is 0 Å². The molecular weight excluding hydrogens is 248 g/mol. The summed E-state index contributed by atoms with van der Waals surface area (Å²) in [4.78, 5) is 21.9. The number of urea groups is 1. The van der Waals surface area contributed by atoms with Gasteiger partial charge in [-0.1, -0.05) is 6.07 Å². The SMILES string of the molecule is NC1CCCC1NC(=O)Nc1cccc([N+](=O)[O-])c1. The minimum atomic E-state index is -0.504. The van der Waals surface area contributed by atoms with Crippen molar-refractivity contribution in [2.24, 2.45) is 5.73 Å². The molecule has 7 heteroatoms. The van der Waals surface area contributed by atoms with E-state index >= 15 is 0 Å². The smallest absolute Gasteiger partial charge is 0.319 e. The molecule has 0 aliphatic heterocycles. The number of nitrogens with zero attached hydrogens (tertiary/aromatic N) is 1. The molecule has 0 bridgehead atoms. The van der Waals surface area contributed by atoms with Gasteiger partial charge >= 0.3 is 6.03 Å². The number of benzene rings is 1. The van der Waals surface area contributed by atoms with Gasteiger partial charge < -0.3 is 16.4 Å². The van der Waals surface area contributed by atoms with Gasteiger partial charge in [0.1, 0.15) is 0 Å². The highest BCUT2D eigenvalue weighted by molar-refractivity contribution is 5.89. The summed E-state index contributed by atoms with van der Waals surface area (Å²) < 4.78 is 0. The van der Waals surface area contributed by atoms with Crippen molar-refractivity contribution < 1.29 is 9.72 Å². The predicted molar refractivity (Wildman–Crippen MR) is 70.9 cm³/mol. The summed E-state index contributed by atoms with van der Waals surface area (Å²) in [6, 6.07) is 5.37. The normalized spacial score (nSPS) is 21.9. The van der Waals surface area contributed by atoms with Crippen LogP contribution in [0.1, 0.15) is 19.3 Å². The Labute approximate surface area is 110 Å². The average Bonchev–Trinajstić information content (AvgIpc) is 2.75. The predicted octanol–water partition coefficient (Wildman–Crippen LogP) is 1.60. The third-order valence-electron chi connectivity index (χ3n) is 3.20. The standard InChI is InChI=1S/C12H16N4O3/c13-10-5-2-6-11(10)15-12(17)14-8-3-1-4-9(7-8)16(18)19/h1,3-4,7,10-11H,2,5-6,13H2,(H2,14,15,17). The molecule has 1 saturated carbocycles. The molecule has 1 aliphatic carbocycles. The lowest BCUT2D eigenvalue weighted by molar-refractivity contribution is -0.384. The van der Waals surface area contributed by atoms with E-state index in [4.69, 9.17) is 5.73 Å². The number of carbonyl (C=O) groups is 1. The Hall–Kier alpha value is -2.15. The molecule has 1 aromatic rings. The highest BCUT2D eigenvalue weighted by Gasteiger charge is 2.25. The maximum atomic E-state index is 11.7. The van der Waals surface area contributed by atoms with E-state index < -0.39 is 4.92 Å². The van der Waals surface area contributed by atoms with Crippen molar-refractivity contribution in [1.29, 1.82) is 0 Å². The van der Waals surface area contributed by atoms with Crippen LogP contribution in [0.2, 0.25) is 0 Å². The number of nitro groups is 1. The van der Waals surface area contributed by atoms with Gasteiger partial charge in [-0.3, -0.25) is 10.1 Å². The molecule has 0 radical (unpaired) electrons. The molecule has 2 unspecified atom stereocenters. The van der Waals surface area contributed by atoms with Crippen LogP contribution in [0, 0.1) is 10.1 Å². The third-order valence-corrected chi connectivity index (χ3v) is 3.20. The molecule has 0 aromatic heterocycles. The molecule has 1 fully saturated rings. The highest BCUT2D eigenvalue weighted by Crippen LogP contribution is 2.19. The third kappa shape index (κ3) is 3.41. The Balaban J connectivity index is 1.95. The Bertz CT molecular complexity index is 492. The van der Waals surface area contributed by atoms with Crippen LogP contribution in [0.4, 0.5) is 16.2 Å². The van der Waals surface area contributed by atoms with E-state index in [0.29, 0.717) is 5.69 Å². The lowest BCUT2D eigenvalue weighted by Gasteiger charge is -2.17. The first-order chi connectivity index (χ1) is 9.06. The fraction of sp³-hybridized carbons (Fsp3) is 0.417. The molecule has 7 nitrogen and oxygen atoms in total. The number of anilines is 1. The largest absolute Gasteiger partial charge is 0.334 e. The number of nitrogens with one attached hydrogen (secondary N) is 2. The molecule has 1 aromatic carbocycles. The fourth-order valence-corrected chi connectivity index (χ4v) is 2.20. The molecule has 2 amide bonds. The Morgan fingerprint density at radius 3 is 2.84 bits per heavy atom. The number of amides is 2. The quantitative estimate of drug-likeness (QED) is 0.568. The summed E-state index contributed by atoms with van der Waals surface area (Å²) in [5.41, 5.74) is 6.18. The molecule has 4 N–H and O–H groups in total. The second kappa shape index (κ2) is 5.66. The van der Waals surface area contributed by atoms with Crippen LogP contribution in [0.3, 0.4) is 0 Å². The van der Waals surface area contributed by atoms with Crippen molar-refractivity contribution in [1.82, 2.24) is 5.32 Å². The van der Waals surface area contributed by atoms with Crippen LogP contribution in [-0.4, -0.2) is 23.0 Å². The van der Waals surface area contributed by atoms with Crippen molar-refractivity contribution in [3.05, 3.63) is 34.4 Å². The van der Waals surface area contributed by atoms with Gasteiger partial charge in [0.05, 0.1) is 4.92 Å². The molecule has 0 spiro atoms. The number of hydrogen-bond acceptors (Lipinski definition) is 4. The van der Waals surface area contributed by atoms with Crippen molar-refractivity contribution in [2.75, 3.05) is 5.32 Å². The van der Waals surface area contributed by atoms with E-state index in [0.717, 1.165) is 19.3 Å². The van der Waals surface area contributed by atoms with Crippen LogP contribution >= 0.6 is 0 Å². The van der Waals surface area contributed by atoms with Crippen molar-refractivity contribution in [3.8, 4) is 0 Å². The van der Waals surface area contributed by atoms with E-state index in [1.807, 2.05) is 0 Å². The van der Waals surface area contributed by atoms with Crippen molar-refractivity contribution >= 4 is 17.4 Å². The maximum Gasteiger partial charge on any atom is 0.319 e. The number of nitro benzene ring substituents is 1. The van der Waals surface area contributed by atoms with Crippen LogP contribution in [0.5, 0.6) is 0 Å². The van der Waals surface area contributed by atoms with E-state index in [9.17, 15) is 14.9 Å². The second-order valence-electron chi connectivity index (χ2n) is 4.61. The van der Waals surface area contributed by atoms with E-state index in [2.05, 4.69) is 10.6 Å². The molecule has 19 heavy (non-hydrogen) atoms. The topological polar surface area (TPSA) is 110 Å². The van der Waals surface area contributed by atoms with E-state index in [1.165, 1.54) is 18.2 Å². The first-order valence-electron chi connectivity index (χ1n) is 6.14. The van der Waals surface area contributed by atoms with Crippen LogP contribution in [-0.2, 0) is 0 Å². The van der Waals surface area contributed by atoms with Crippen LogP contribution in [0.25, 0.3) is 0 Å². The number of nitrogens with two attached hydrogens (primary N) is 1. The van der Waals surface area contributed by atoms with Crippen LogP contribution in [0.15, 0.2) is 24.3 Å². The summed E-state index contributed by atoms with van der Waals surface area (Å²) in [6.45, 7) is 0. The summed E-state index contributed by atoms with van der Waals surface area (Å²) in [7, 11) is 0. The van der Waals surface area contributed by atoms with Gasteiger partial charge in [-0.2, -0.15) is 0 Å². The highest BCUT2D eigenvalue weighted by atomic mass is 16.6. The number of hydrogen-bond donors (Lipinski definition) is 3. The molecule has 0 heterocycles. The zero-order chi connectivity index (χ0) is 13.8. The minimum absolute atomic E-state index is 0.0177. The first kappa shape index (κ1) is 13.3. The van der Waals surface area contributed by atoms with Crippen LogP contribution < -0.4 is 16.4 Å². The molecular formula is C12H16N4O3. The fourth-order valence-electron chi connectivity index (χ4n) is 2.20. The van der Waals surface area contributed by atoms with Gasteiger partial charge in [0, 0.05) is 29.9 Å². The van der Waals surface area contributed by atoms with E-state index in [-0.39, 0.29) is 23.8 Å². The average molecular weight is 264 g/mol.